The lowest BCUT2D eigenvalue weighted by Gasteiger charge is -2.19. The Morgan fingerprint density at radius 2 is 1.67 bits per heavy atom. The van der Waals surface area contributed by atoms with Crippen molar-refractivity contribution in [1.82, 2.24) is 0 Å². The smallest absolute Gasteiger partial charge is 0.389 e. The molecule has 0 rings (SSSR count). The van der Waals surface area contributed by atoms with Gasteiger partial charge in [0.25, 0.3) is 0 Å². The Hall–Kier alpha value is -0.0731. The summed E-state index contributed by atoms with van der Waals surface area (Å²) in [6.07, 6.45) is -4.95. The van der Waals surface area contributed by atoms with Crippen LogP contribution in [-0.4, -0.2) is 29.7 Å². The second kappa shape index (κ2) is 4.83. The summed E-state index contributed by atoms with van der Waals surface area (Å²) in [4.78, 5) is 0. The van der Waals surface area contributed by atoms with Gasteiger partial charge in [-0.1, -0.05) is 6.92 Å². The third-order valence-electron chi connectivity index (χ3n) is 1.48. The molecule has 0 fully saturated rings. The molecule has 0 bridgehead atoms. The Bertz CT molecular complexity index is 124. The highest BCUT2D eigenvalue weighted by atomic mass is 28.3. The molecule has 0 amide bonds. The molecule has 0 saturated heterocycles. The van der Waals surface area contributed by atoms with Crippen molar-refractivity contribution in [2.45, 2.75) is 25.1 Å². The highest BCUT2D eigenvalue weighted by molar-refractivity contribution is 6.46. The molecule has 0 aliphatic heterocycles. The molecule has 0 aromatic heterocycles. The molecule has 0 radical (unpaired) electrons. The van der Waals surface area contributed by atoms with Crippen LogP contribution >= 0.6 is 0 Å². The summed E-state index contributed by atoms with van der Waals surface area (Å²) in [5.41, 5.74) is -0.542. The Morgan fingerprint density at radius 1 is 1.25 bits per heavy atom. The average molecular weight is 202 g/mol. The summed E-state index contributed by atoms with van der Waals surface area (Å²) in [6.45, 7) is 1.50. The second-order valence-electron chi connectivity index (χ2n) is 2.64. The summed E-state index contributed by atoms with van der Waals surface area (Å²) in [7, 11) is 0.658. The minimum atomic E-state index is -4.12. The average Bonchev–Trinajstić information content (AvgIpc) is 1.85. The van der Waals surface area contributed by atoms with Gasteiger partial charge < -0.3 is 8.85 Å². The number of rotatable bonds is 4. The van der Waals surface area contributed by atoms with Crippen LogP contribution in [0.2, 0.25) is 5.54 Å². The van der Waals surface area contributed by atoms with Crippen LogP contribution < -0.4 is 0 Å². The van der Waals surface area contributed by atoms with Crippen molar-refractivity contribution >= 4 is 9.28 Å². The van der Waals surface area contributed by atoms with Crippen LogP contribution in [0.3, 0.4) is 0 Å². The van der Waals surface area contributed by atoms with Crippen LogP contribution in [0.25, 0.3) is 0 Å². The van der Waals surface area contributed by atoms with E-state index in [-0.39, 0.29) is 0 Å². The lowest BCUT2D eigenvalue weighted by molar-refractivity contribution is -0.135. The molecule has 12 heavy (non-hydrogen) atoms. The zero-order chi connectivity index (χ0) is 9.78. The predicted molar refractivity (Wildman–Crippen MR) is 41.3 cm³/mol. The van der Waals surface area contributed by atoms with Crippen molar-refractivity contribution < 1.29 is 22.0 Å². The fourth-order valence-corrected chi connectivity index (χ4v) is 2.60. The normalized spacial score (nSPS) is 15.2. The fraction of sp³-hybridized carbons (Fsp3) is 1.00. The molecule has 1 atom stereocenters. The fourth-order valence-electron chi connectivity index (χ4n) is 1.02. The molecule has 74 valence electrons. The van der Waals surface area contributed by atoms with Gasteiger partial charge in [0.1, 0.15) is 0 Å². The Morgan fingerprint density at radius 3 is 1.92 bits per heavy atom. The predicted octanol–water partition coefficient (Wildman–Crippen LogP) is 1.84. The summed E-state index contributed by atoms with van der Waals surface area (Å²) in [5.74, 6) is 0. The van der Waals surface area contributed by atoms with E-state index in [1.165, 1.54) is 21.1 Å². The number of halogens is 3. The first kappa shape index (κ1) is 11.9. The van der Waals surface area contributed by atoms with E-state index in [2.05, 4.69) is 0 Å². The molecule has 0 N–H and O–H groups in total. The summed E-state index contributed by atoms with van der Waals surface area (Å²) in [6, 6.07) is 0. The monoisotopic (exact) mass is 202 g/mol. The van der Waals surface area contributed by atoms with E-state index < -0.39 is 27.4 Å². The van der Waals surface area contributed by atoms with Crippen molar-refractivity contribution in [3.8, 4) is 0 Å². The highest BCUT2D eigenvalue weighted by Crippen LogP contribution is 2.29. The van der Waals surface area contributed by atoms with E-state index in [0.717, 1.165) is 0 Å². The maximum absolute atomic E-state index is 11.9. The SMILES string of the molecule is CO[SiH](OC)C(C)CC(F)(F)F. The number of hydrogen-bond acceptors (Lipinski definition) is 2. The van der Waals surface area contributed by atoms with Crippen molar-refractivity contribution in [3.05, 3.63) is 0 Å². The number of alkyl halides is 3. The van der Waals surface area contributed by atoms with Crippen molar-refractivity contribution in [2.75, 3.05) is 14.2 Å². The molecule has 0 aliphatic rings. The van der Waals surface area contributed by atoms with Gasteiger partial charge >= 0.3 is 15.5 Å². The Kier molecular flexibility index (Phi) is 4.80. The molecule has 6 heteroatoms. The van der Waals surface area contributed by atoms with Crippen molar-refractivity contribution in [3.63, 3.8) is 0 Å². The summed E-state index contributed by atoms with van der Waals surface area (Å²) in [5, 5.41) is 0. The lowest BCUT2D eigenvalue weighted by atomic mass is 10.3. The molecule has 0 aliphatic carbocycles. The van der Waals surface area contributed by atoms with Crippen LogP contribution in [-0.2, 0) is 8.85 Å². The van der Waals surface area contributed by atoms with Gasteiger partial charge in [-0.05, 0) is 0 Å². The van der Waals surface area contributed by atoms with Gasteiger partial charge in [-0.25, -0.2) is 0 Å². The third-order valence-corrected chi connectivity index (χ3v) is 3.58. The Labute approximate surface area is 71.5 Å². The lowest BCUT2D eigenvalue weighted by Crippen LogP contribution is -2.28. The number of hydrogen-bond donors (Lipinski definition) is 0. The largest absolute Gasteiger partial charge is 0.400 e. The van der Waals surface area contributed by atoms with E-state index in [1.807, 2.05) is 0 Å². The maximum atomic E-state index is 11.9. The molecule has 2 nitrogen and oxygen atoms in total. The van der Waals surface area contributed by atoms with Crippen LogP contribution in [0.5, 0.6) is 0 Å². The quantitative estimate of drug-likeness (QED) is 0.648. The molecular formula is C6H13F3O2Si. The van der Waals surface area contributed by atoms with E-state index in [0.29, 0.717) is 0 Å². The van der Waals surface area contributed by atoms with Crippen LogP contribution in [0.15, 0.2) is 0 Å². The zero-order valence-electron chi connectivity index (χ0n) is 7.31. The van der Waals surface area contributed by atoms with Crippen LogP contribution in [0, 0.1) is 0 Å². The van der Waals surface area contributed by atoms with Crippen molar-refractivity contribution in [2.24, 2.45) is 0 Å². The molecule has 0 spiro atoms. The van der Waals surface area contributed by atoms with Gasteiger partial charge in [0.2, 0.25) is 0 Å². The zero-order valence-corrected chi connectivity index (χ0v) is 8.47. The minimum Gasteiger partial charge on any atom is -0.400 e. The van der Waals surface area contributed by atoms with Gasteiger partial charge in [-0.3, -0.25) is 0 Å². The van der Waals surface area contributed by atoms with Gasteiger partial charge in [-0.15, -0.1) is 0 Å². The standard InChI is InChI=1S/C6H13F3O2Si/c1-5(4-6(7,8)9)12(10-2)11-3/h5,12H,4H2,1-3H3. The van der Waals surface area contributed by atoms with Gasteiger partial charge in [0, 0.05) is 26.2 Å². The topological polar surface area (TPSA) is 18.5 Å². The van der Waals surface area contributed by atoms with Gasteiger partial charge in [0.05, 0.1) is 0 Å². The van der Waals surface area contributed by atoms with Crippen LogP contribution in [0.1, 0.15) is 13.3 Å². The molecular weight excluding hydrogens is 189 g/mol. The molecule has 0 aromatic rings. The third kappa shape index (κ3) is 4.73. The molecule has 1 unspecified atom stereocenters. The molecule has 0 aromatic carbocycles. The first-order valence-electron chi connectivity index (χ1n) is 3.53. The highest BCUT2D eigenvalue weighted by Gasteiger charge is 2.34. The molecule has 0 heterocycles. The van der Waals surface area contributed by atoms with Gasteiger partial charge in [-0.2, -0.15) is 13.2 Å². The van der Waals surface area contributed by atoms with Gasteiger partial charge in [0.15, 0.2) is 0 Å². The minimum absolute atomic E-state index is 0.542. The first-order chi connectivity index (χ1) is 5.40. The van der Waals surface area contributed by atoms with E-state index in [9.17, 15) is 13.2 Å². The summed E-state index contributed by atoms with van der Waals surface area (Å²) >= 11 is 0. The van der Waals surface area contributed by atoms with Crippen LogP contribution in [0.4, 0.5) is 13.2 Å². The van der Waals surface area contributed by atoms with Crippen molar-refractivity contribution in [1.29, 1.82) is 0 Å². The summed E-state index contributed by atoms with van der Waals surface area (Å²) < 4.78 is 45.2. The first-order valence-corrected chi connectivity index (χ1v) is 5.14. The molecule has 0 saturated carbocycles. The second-order valence-corrected chi connectivity index (χ2v) is 5.45. The van der Waals surface area contributed by atoms with E-state index in [4.69, 9.17) is 8.85 Å². The van der Waals surface area contributed by atoms with E-state index in [1.54, 1.807) is 0 Å². The Balaban J connectivity index is 3.92. The maximum Gasteiger partial charge on any atom is 0.389 e. The van der Waals surface area contributed by atoms with E-state index >= 15 is 0 Å².